The topological polar surface area (TPSA) is 9.23 Å². The van der Waals surface area contributed by atoms with Crippen LogP contribution < -0.4 is 4.74 Å². The monoisotopic (exact) mass is 238 g/mol. The van der Waals surface area contributed by atoms with Gasteiger partial charge in [0.1, 0.15) is 5.75 Å². The van der Waals surface area contributed by atoms with Crippen LogP contribution in [0.3, 0.4) is 0 Å². The van der Waals surface area contributed by atoms with Gasteiger partial charge in [0.2, 0.25) is 0 Å². The van der Waals surface area contributed by atoms with Gasteiger partial charge in [-0.15, -0.1) is 0 Å². The van der Waals surface area contributed by atoms with E-state index in [1.807, 2.05) is 39.8 Å². The van der Waals surface area contributed by atoms with E-state index < -0.39 is 0 Å². The van der Waals surface area contributed by atoms with E-state index >= 15 is 0 Å². The lowest BCUT2D eigenvalue weighted by atomic mass is 10.0. The van der Waals surface area contributed by atoms with Gasteiger partial charge in [0.05, 0.1) is 6.61 Å². The van der Waals surface area contributed by atoms with Gasteiger partial charge in [0.25, 0.3) is 0 Å². The number of benzene rings is 1. The summed E-state index contributed by atoms with van der Waals surface area (Å²) in [6.07, 6.45) is 1.06. The standard InChI is InChI=1S/C12H18O.2C2H6/c1-4-9-13-12-7-5-11(6-8-12)10(2)3;2*1-2/h5-8,10H,4,9H2,1-3H3;2*1-2H3. The van der Waals surface area contributed by atoms with E-state index in [0.29, 0.717) is 5.92 Å². The van der Waals surface area contributed by atoms with Crippen LogP contribution in [-0.4, -0.2) is 6.61 Å². The first-order valence-electron chi connectivity index (χ1n) is 6.96. The lowest BCUT2D eigenvalue weighted by Crippen LogP contribution is -1.95. The molecule has 17 heavy (non-hydrogen) atoms. The smallest absolute Gasteiger partial charge is 0.119 e. The Bertz CT molecular complexity index is 236. The molecule has 0 amide bonds. The van der Waals surface area contributed by atoms with Gasteiger partial charge in [0, 0.05) is 0 Å². The minimum atomic E-state index is 0.597. The van der Waals surface area contributed by atoms with E-state index in [0.717, 1.165) is 18.8 Å². The van der Waals surface area contributed by atoms with Crippen LogP contribution in [0.25, 0.3) is 0 Å². The molecule has 1 rings (SSSR count). The van der Waals surface area contributed by atoms with Crippen LogP contribution >= 0.6 is 0 Å². The SMILES string of the molecule is CC.CC.CCCOc1ccc(C(C)C)cc1. The molecule has 0 unspecified atom stereocenters. The van der Waals surface area contributed by atoms with E-state index in [2.05, 4.69) is 32.9 Å². The first-order valence-corrected chi connectivity index (χ1v) is 6.96. The average molecular weight is 238 g/mol. The van der Waals surface area contributed by atoms with Crippen LogP contribution in [0, 0.1) is 0 Å². The molecular formula is C16H30O. The summed E-state index contributed by atoms with van der Waals surface area (Å²) < 4.78 is 5.49. The highest BCUT2D eigenvalue weighted by molar-refractivity contribution is 5.28. The van der Waals surface area contributed by atoms with Crippen LogP contribution in [-0.2, 0) is 0 Å². The molecule has 0 aliphatic rings. The van der Waals surface area contributed by atoms with Gasteiger partial charge in [-0.3, -0.25) is 0 Å². The van der Waals surface area contributed by atoms with Gasteiger partial charge < -0.3 is 4.74 Å². The highest BCUT2D eigenvalue weighted by Gasteiger charge is 1.98. The molecule has 0 aromatic heterocycles. The highest BCUT2D eigenvalue weighted by atomic mass is 16.5. The summed E-state index contributed by atoms with van der Waals surface area (Å²) in [6.45, 7) is 15.3. The Hall–Kier alpha value is -0.980. The van der Waals surface area contributed by atoms with Gasteiger partial charge in [0.15, 0.2) is 0 Å². The second-order valence-corrected chi connectivity index (χ2v) is 3.57. The van der Waals surface area contributed by atoms with Crippen molar-refractivity contribution in [1.82, 2.24) is 0 Å². The lowest BCUT2D eigenvalue weighted by molar-refractivity contribution is 0.317. The maximum atomic E-state index is 5.49. The summed E-state index contributed by atoms with van der Waals surface area (Å²) in [4.78, 5) is 0. The van der Waals surface area contributed by atoms with Crippen molar-refractivity contribution in [2.24, 2.45) is 0 Å². The zero-order valence-corrected chi connectivity index (χ0v) is 12.7. The summed E-state index contributed by atoms with van der Waals surface area (Å²) in [6, 6.07) is 8.36. The van der Waals surface area contributed by atoms with Crippen LogP contribution in [0.15, 0.2) is 24.3 Å². The Kier molecular flexibility index (Phi) is 14.2. The molecule has 1 nitrogen and oxygen atoms in total. The quantitative estimate of drug-likeness (QED) is 0.658. The molecule has 1 aromatic carbocycles. The third kappa shape index (κ3) is 8.79. The fraction of sp³-hybridized carbons (Fsp3) is 0.625. The van der Waals surface area contributed by atoms with E-state index in [1.54, 1.807) is 0 Å². The number of hydrogen-bond donors (Lipinski definition) is 0. The van der Waals surface area contributed by atoms with Crippen LogP contribution in [0.5, 0.6) is 5.75 Å². The largest absolute Gasteiger partial charge is 0.494 e. The van der Waals surface area contributed by atoms with Gasteiger partial charge >= 0.3 is 0 Å². The predicted octanol–water partition coefficient (Wildman–Crippen LogP) is 5.65. The van der Waals surface area contributed by atoms with Crippen molar-refractivity contribution in [3.63, 3.8) is 0 Å². The number of rotatable bonds is 4. The second kappa shape index (κ2) is 13.1. The fourth-order valence-corrected chi connectivity index (χ4v) is 1.17. The Balaban J connectivity index is 0. The van der Waals surface area contributed by atoms with Crippen molar-refractivity contribution in [3.8, 4) is 5.75 Å². The molecule has 1 heteroatoms. The minimum Gasteiger partial charge on any atom is -0.494 e. The van der Waals surface area contributed by atoms with Crippen LogP contribution in [0.2, 0.25) is 0 Å². The summed E-state index contributed by atoms with van der Waals surface area (Å²) >= 11 is 0. The van der Waals surface area contributed by atoms with Crippen molar-refractivity contribution in [3.05, 3.63) is 29.8 Å². The van der Waals surface area contributed by atoms with Gasteiger partial charge in [-0.2, -0.15) is 0 Å². The molecule has 0 fully saturated rings. The summed E-state index contributed by atoms with van der Waals surface area (Å²) in [5.41, 5.74) is 1.36. The van der Waals surface area contributed by atoms with Crippen molar-refractivity contribution in [2.45, 2.75) is 60.8 Å². The first-order chi connectivity index (χ1) is 8.24. The Morgan fingerprint density at radius 3 is 1.76 bits per heavy atom. The zero-order valence-electron chi connectivity index (χ0n) is 12.7. The maximum Gasteiger partial charge on any atom is 0.119 e. The third-order valence-electron chi connectivity index (χ3n) is 2.02. The van der Waals surface area contributed by atoms with Crippen molar-refractivity contribution in [2.75, 3.05) is 6.61 Å². The van der Waals surface area contributed by atoms with Crippen LogP contribution in [0.1, 0.15) is 66.4 Å². The zero-order chi connectivity index (χ0) is 13.7. The Labute approximate surface area is 108 Å². The molecule has 0 aliphatic heterocycles. The summed E-state index contributed by atoms with van der Waals surface area (Å²) in [5.74, 6) is 1.58. The molecule has 0 saturated heterocycles. The lowest BCUT2D eigenvalue weighted by Gasteiger charge is -2.07. The molecule has 0 bridgehead atoms. The van der Waals surface area contributed by atoms with E-state index in [4.69, 9.17) is 4.74 Å². The van der Waals surface area contributed by atoms with Crippen molar-refractivity contribution >= 4 is 0 Å². The average Bonchev–Trinajstić information content (AvgIpc) is 2.41. The van der Waals surface area contributed by atoms with Gasteiger partial charge in [-0.25, -0.2) is 0 Å². The second-order valence-electron chi connectivity index (χ2n) is 3.57. The third-order valence-corrected chi connectivity index (χ3v) is 2.02. The molecule has 0 spiro atoms. The molecule has 1 aromatic rings. The first kappa shape index (κ1) is 18.4. The fourth-order valence-electron chi connectivity index (χ4n) is 1.17. The highest BCUT2D eigenvalue weighted by Crippen LogP contribution is 2.18. The Morgan fingerprint density at radius 2 is 1.41 bits per heavy atom. The van der Waals surface area contributed by atoms with Crippen LogP contribution in [0.4, 0.5) is 0 Å². The van der Waals surface area contributed by atoms with Gasteiger partial charge in [-0.05, 0) is 30.0 Å². The van der Waals surface area contributed by atoms with Crippen molar-refractivity contribution < 1.29 is 4.74 Å². The predicted molar refractivity (Wildman–Crippen MR) is 79.0 cm³/mol. The summed E-state index contributed by atoms with van der Waals surface area (Å²) in [5, 5.41) is 0. The van der Waals surface area contributed by atoms with Crippen molar-refractivity contribution in [1.29, 1.82) is 0 Å². The summed E-state index contributed by atoms with van der Waals surface area (Å²) in [7, 11) is 0. The van der Waals surface area contributed by atoms with E-state index in [-0.39, 0.29) is 0 Å². The van der Waals surface area contributed by atoms with Gasteiger partial charge in [-0.1, -0.05) is 60.6 Å². The molecular weight excluding hydrogens is 208 g/mol. The van der Waals surface area contributed by atoms with E-state index in [9.17, 15) is 0 Å². The molecule has 0 aliphatic carbocycles. The Morgan fingerprint density at radius 1 is 0.941 bits per heavy atom. The molecule has 0 N–H and O–H groups in total. The molecule has 0 heterocycles. The number of hydrogen-bond acceptors (Lipinski definition) is 1. The minimum absolute atomic E-state index is 0.597. The number of ether oxygens (including phenoxy) is 1. The molecule has 100 valence electrons. The normalized spacial score (nSPS) is 8.71. The molecule has 0 radical (unpaired) electrons. The molecule has 0 atom stereocenters. The molecule has 0 saturated carbocycles. The van der Waals surface area contributed by atoms with E-state index in [1.165, 1.54) is 5.56 Å². The maximum absolute atomic E-state index is 5.49.